The van der Waals surface area contributed by atoms with Crippen LogP contribution in [0.5, 0.6) is 0 Å². The lowest BCUT2D eigenvalue weighted by atomic mass is 10.6. The summed E-state index contributed by atoms with van der Waals surface area (Å²) in [5.74, 6) is -0.496. The molecule has 0 aliphatic rings. The third kappa shape index (κ3) is 3.85. The van der Waals surface area contributed by atoms with Crippen molar-refractivity contribution in [3.63, 3.8) is 0 Å². The summed E-state index contributed by atoms with van der Waals surface area (Å²) >= 11 is 1.02. The van der Waals surface area contributed by atoms with Gasteiger partial charge in [-0.3, -0.25) is 0 Å². The first-order chi connectivity index (χ1) is 5.11. The van der Waals surface area contributed by atoms with Crippen LogP contribution in [0.25, 0.3) is 0 Å². The molecule has 0 aromatic rings. The Labute approximate surface area is 69.7 Å². The molecular weight excluding hydrogens is 164 g/mol. The smallest absolute Gasteiger partial charge is 0.344 e. The predicted octanol–water partition coefficient (Wildman–Crippen LogP) is 0.912. The molecule has 0 aliphatic carbocycles. The van der Waals surface area contributed by atoms with E-state index in [0.29, 0.717) is 4.91 Å². The van der Waals surface area contributed by atoms with E-state index in [2.05, 4.69) is 17.9 Å². The summed E-state index contributed by atoms with van der Waals surface area (Å²) in [6.45, 7) is 6.74. The maximum atomic E-state index is 10.7. The Morgan fingerprint density at radius 3 is 2.55 bits per heavy atom. The number of carbonyl (C=O) groups excluding carboxylic acids is 1. The lowest BCUT2D eigenvalue weighted by Gasteiger charge is -2.02. The number of esters is 1. The first kappa shape index (κ1) is 10.3. The Morgan fingerprint density at radius 1 is 1.64 bits per heavy atom. The zero-order chi connectivity index (χ0) is 8.85. The van der Waals surface area contributed by atoms with Crippen LogP contribution in [0.1, 0.15) is 0 Å². The molecule has 11 heavy (non-hydrogen) atoms. The van der Waals surface area contributed by atoms with E-state index in [9.17, 15) is 4.79 Å². The number of hydrogen-bond acceptors (Lipinski definition) is 4. The third-order valence-corrected chi connectivity index (χ3v) is 1.69. The fraction of sp³-hybridized carbons (Fsp3) is 0.286. The van der Waals surface area contributed by atoms with Crippen LogP contribution in [0.2, 0.25) is 0 Å². The van der Waals surface area contributed by atoms with Crippen LogP contribution in [0.3, 0.4) is 0 Å². The molecule has 1 N–H and O–H groups in total. The first-order valence-corrected chi connectivity index (χ1v) is 3.67. The van der Waals surface area contributed by atoms with E-state index >= 15 is 0 Å². The molecule has 0 aromatic carbocycles. The molecule has 0 radical (unpaired) electrons. The van der Waals surface area contributed by atoms with Crippen LogP contribution in [0.4, 0.5) is 0 Å². The largest absolute Gasteiger partial charge is 0.465 e. The lowest BCUT2D eigenvalue weighted by Crippen LogP contribution is -2.01. The van der Waals surface area contributed by atoms with Crippen molar-refractivity contribution in [1.82, 2.24) is 0 Å². The van der Waals surface area contributed by atoms with Gasteiger partial charge in [0.25, 0.3) is 0 Å². The average molecular weight is 174 g/mol. The van der Waals surface area contributed by atoms with Gasteiger partial charge in [-0.25, -0.2) is 4.79 Å². The summed E-state index contributed by atoms with van der Waals surface area (Å²) in [6.07, 6.45) is 0. The molecule has 62 valence electrons. The van der Waals surface area contributed by atoms with E-state index in [1.807, 2.05) is 0 Å². The van der Waals surface area contributed by atoms with Crippen LogP contribution >= 0.6 is 11.8 Å². The molecule has 0 aliphatic heterocycles. The molecule has 0 saturated heterocycles. The SMILES string of the molecule is C=C(CO)SC(=C)C(=O)OC. The van der Waals surface area contributed by atoms with Crippen LogP contribution in [-0.2, 0) is 9.53 Å². The Kier molecular flexibility index (Phi) is 4.65. The second kappa shape index (κ2) is 4.98. The molecule has 0 atom stereocenters. The van der Waals surface area contributed by atoms with Crippen LogP contribution in [-0.4, -0.2) is 24.8 Å². The van der Waals surface area contributed by atoms with E-state index in [4.69, 9.17) is 5.11 Å². The molecule has 0 rings (SSSR count). The van der Waals surface area contributed by atoms with Crippen LogP contribution in [0.15, 0.2) is 23.0 Å². The van der Waals surface area contributed by atoms with Gasteiger partial charge in [0, 0.05) is 4.91 Å². The molecule has 0 fully saturated rings. The molecule has 0 amide bonds. The van der Waals surface area contributed by atoms with Gasteiger partial charge in [0.1, 0.15) is 0 Å². The Hall–Kier alpha value is -0.740. The van der Waals surface area contributed by atoms with Gasteiger partial charge < -0.3 is 9.84 Å². The zero-order valence-corrected chi connectivity index (χ0v) is 7.11. The Balaban J connectivity index is 3.88. The standard InChI is InChI=1S/C7H10O3S/c1-5(4-8)11-6(2)7(9)10-3/h8H,1-2,4H2,3H3. The Morgan fingerprint density at radius 2 is 2.18 bits per heavy atom. The summed E-state index contributed by atoms with van der Waals surface area (Å²) in [4.78, 5) is 11.4. The first-order valence-electron chi connectivity index (χ1n) is 2.85. The van der Waals surface area contributed by atoms with E-state index in [0.717, 1.165) is 11.8 Å². The van der Waals surface area contributed by atoms with E-state index in [1.165, 1.54) is 7.11 Å². The van der Waals surface area contributed by atoms with E-state index in [-0.39, 0.29) is 11.5 Å². The summed E-state index contributed by atoms with van der Waals surface area (Å²) in [7, 11) is 1.27. The maximum absolute atomic E-state index is 10.7. The van der Waals surface area contributed by atoms with Gasteiger partial charge in [-0.05, 0) is 0 Å². The maximum Gasteiger partial charge on any atom is 0.344 e. The molecule has 0 aromatic heterocycles. The number of ether oxygens (including phenoxy) is 1. The van der Waals surface area contributed by atoms with Gasteiger partial charge in [0.2, 0.25) is 0 Å². The van der Waals surface area contributed by atoms with E-state index in [1.54, 1.807) is 0 Å². The summed E-state index contributed by atoms with van der Waals surface area (Å²) < 4.78 is 4.38. The summed E-state index contributed by atoms with van der Waals surface area (Å²) in [6, 6.07) is 0. The zero-order valence-electron chi connectivity index (χ0n) is 6.29. The highest BCUT2D eigenvalue weighted by Crippen LogP contribution is 2.22. The topological polar surface area (TPSA) is 46.5 Å². The van der Waals surface area contributed by atoms with E-state index < -0.39 is 5.97 Å². The number of hydrogen-bond donors (Lipinski definition) is 1. The van der Waals surface area contributed by atoms with Gasteiger partial charge in [0.05, 0.1) is 18.6 Å². The minimum absolute atomic E-state index is 0.166. The minimum Gasteiger partial charge on any atom is -0.465 e. The molecule has 0 spiro atoms. The quantitative estimate of drug-likeness (QED) is 0.508. The van der Waals surface area contributed by atoms with Crippen molar-refractivity contribution in [2.24, 2.45) is 0 Å². The number of thioether (sulfide) groups is 1. The second-order valence-electron chi connectivity index (χ2n) is 1.71. The van der Waals surface area contributed by atoms with Gasteiger partial charge in [0.15, 0.2) is 0 Å². The number of carbonyl (C=O) groups is 1. The minimum atomic E-state index is -0.496. The van der Waals surface area contributed by atoms with Crippen molar-refractivity contribution in [2.75, 3.05) is 13.7 Å². The van der Waals surface area contributed by atoms with Gasteiger partial charge >= 0.3 is 5.97 Å². The molecule has 4 heteroatoms. The highest BCUT2D eigenvalue weighted by molar-refractivity contribution is 8.07. The monoisotopic (exact) mass is 174 g/mol. The third-order valence-electron chi connectivity index (χ3n) is 0.857. The highest BCUT2D eigenvalue weighted by Gasteiger charge is 2.07. The fourth-order valence-corrected chi connectivity index (χ4v) is 0.942. The van der Waals surface area contributed by atoms with Crippen molar-refractivity contribution in [3.05, 3.63) is 23.0 Å². The summed E-state index contributed by atoms with van der Waals surface area (Å²) in [5, 5.41) is 8.52. The molecule has 0 saturated carbocycles. The van der Waals surface area contributed by atoms with Crippen molar-refractivity contribution < 1.29 is 14.6 Å². The Bertz CT molecular complexity index is 186. The second-order valence-corrected chi connectivity index (χ2v) is 2.99. The molecule has 0 bridgehead atoms. The molecule has 0 heterocycles. The van der Waals surface area contributed by atoms with Gasteiger partial charge in [-0.2, -0.15) is 0 Å². The molecule has 0 unspecified atom stereocenters. The van der Waals surface area contributed by atoms with Crippen molar-refractivity contribution in [1.29, 1.82) is 0 Å². The van der Waals surface area contributed by atoms with Crippen molar-refractivity contribution in [3.8, 4) is 0 Å². The number of aliphatic hydroxyl groups is 1. The lowest BCUT2D eigenvalue weighted by molar-refractivity contribution is -0.135. The number of rotatable bonds is 4. The number of methoxy groups -OCH3 is 1. The predicted molar refractivity (Wildman–Crippen MR) is 45.0 cm³/mol. The fourth-order valence-electron chi connectivity index (χ4n) is 0.362. The van der Waals surface area contributed by atoms with Gasteiger partial charge in [-0.15, -0.1) is 0 Å². The van der Waals surface area contributed by atoms with Crippen LogP contribution < -0.4 is 0 Å². The van der Waals surface area contributed by atoms with Gasteiger partial charge in [-0.1, -0.05) is 24.9 Å². The van der Waals surface area contributed by atoms with Crippen LogP contribution in [0, 0.1) is 0 Å². The normalized spacial score (nSPS) is 8.91. The van der Waals surface area contributed by atoms with Crippen molar-refractivity contribution in [2.45, 2.75) is 0 Å². The highest BCUT2D eigenvalue weighted by atomic mass is 32.2. The average Bonchev–Trinajstić information content (AvgIpc) is 2.02. The summed E-state index contributed by atoms with van der Waals surface area (Å²) in [5.41, 5.74) is 0. The van der Waals surface area contributed by atoms with Crippen molar-refractivity contribution >= 4 is 17.7 Å². The molecular formula is C7H10O3S. The molecule has 3 nitrogen and oxygen atoms in total. The number of aliphatic hydroxyl groups excluding tert-OH is 1.